The summed E-state index contributed by atoms with van der Waals surface area (Å²) >= 11 is 7.72. The zero-order valence-electron chi connectivity index (χ0n) is 16.2. The summed E-state index contributed by atoms with van der Waals surface area (Å²) in [6, 6.07) is 19.9. The van der Waals surface area contributed by atoms with E-state index in [4.69, 9.17) is 11.6 Å². The second-order valence-electron chi connectivity index (χ2n) is 6.35. The highest BCUT2D eigenvalue weighted by Crippen LogP contribution is 2.25. The van der Waals surface area contributed by atoms with Gasteiger partial charge in [-0.25, -0.2) is 0 Å². The Kier molecular flexibility index (Phi) is 6.96. The molecule has 0 aromatic heterocycles. The van der Waals surface area contributed by atoms with Crippen molar-refractivity contribution in [3.63, 3.8) is 0 Å². The SMILES string of the molecule is CCc1ccc(NC(=O)c2ccccc2NC(=O)c2cc(SC)ccc2Cl)cc1. The van der Waals surface area contributed by atoms with E-state index < -0.39 is 0 Å². The lowest BCUT2D eigenvalue weighted by Gasteiger charge is -2.13. The van der Waals surface area contributed by atoms with Gasteiger partial charge in [0.25, 0.3) is 11.8 Å². The summed E-state index contributed by atoms with van der Waals surface area (Å²) in [5, 5.41) is 6.04. The van der Waals surface area contributed by atoms with E-state index in [-0.39, 0.29) is 11.8 Å². The van der Waals surface area contributed by atoms with Gasteiger partial charge in [-0.1, -0.05) is 42.8 Å². The number of amides is 2. The Labute approximate surface area is 179 Å². The van der Waals surface area contributed by atoms with Crippen LogP contribution in [0.5, 0.6) is 0 Å². The number of rotatable bonds is 6. The van der Waals surface area contributed by atoms with Gasteiger partial charge in [-0.15, -0.1) is 11.8 Å². The number of benzene rings is 3. The number of carbonyl (C=O) groups is 2. The minimum atomic E-state index is -0.363. The van der Waals surface area contributed by atoms with Crippen LogP contribution in [-0.2, 0) is 6.42 Å². The molecule has 2 amide bonds. The van der Waals surface area contributed by atoms with Crippen LogP contribution in [0.25, 0.3) is 0 Å². The third kappa shape index (κ3) is 5.19. The Hall–Kier alpha value is -2.76. The molecule has 0 aliphatic rings. The summed E-state index contributed by atoms with van der Waals surface area (Å²) in [7, 11) is 0. The average Bonchev–Trinajstić information content (AvgIpc) is 2.75. The van der Waals surface area contributed by atoms with Crippen LogP contribution in [0.1, 0.15) is 33.2 Å². The van der Waals surface area contributed by atoms with Gasteiger partial charge in [0.1, 0.15) is 0 Å². The lowest BCUT2D eigenvalue weighted by molar-refractivity contribution is 0.102. The molecule has 29 heavy (non-hydrogen) atoms. The Morgan fingerprint density at radius 1 is 0.897 bits per heavy atom. The molecule has 0 heterocycles. The molecule has 0 aliphatic carbocycles. The lowest BCUT2D eigenvalue weighted by Crippen LogP contribution is -2.18. The highest BCUT2D eigenvalue weighted by atomic mass is 35.5. The Morgan fingerprint density at radius 3 is 2.28 bits per heavy atom. The summed E-state index contributed by atoms with van der Waals surface area (Å²) in [6.45, 7) is 2.08. The summed E-state index contributed by atoms with van der Waals surface area (Å²) in [4.78, 5) is 26.5. The molecule has 0 saturated carbocycles. The number of hydrogen-bond donors (Lipinski definition) is 2. The van der Waals surface area contributed by atoms with Crippen molar-refractivity contribution in [2.24, 2.45) is 0 Å². The number of thioether (sulfide) groups is 1. The van der Waals surface area contributed by atoms with Crippen molar-refractivity contribution in [1.82, 2.24) is 0 Å². The fraction of sp³-hybridized carbons (Fsp3) is 0.130. The highest BCUT2D eigenvalue weighted by molar-refractivity contribution is 7.98. The van der Waals surface area contributed by atoms with Crippen LogP contribution in [0.15, 0.2) is 71.6 Å². The molecular weight excluding hydrogens is 404 g/mol. The zero-order chi connectivity index (χ0) is 20.8. The van der Waals surface area contributed by atoms with Crippen molar-refractivity contribution in [3.8, 4) is 0 Å². The molecular formula is C23H21ClN2O2S. The van der Waals surface area contributed by atoms with Gasteiger partial charge in [0.15, 0.2) is 0 Å². The van der Waals surface area contributed by atoms with Crippen molar-refractivity contribution in [3.05, 3.63) is 88.4 Å². The molecule has 0 radical (unpaired) electrons. The number of carbonyl (C=O) groups excluding carboxylic acids is 2. The number of hydrogen-bond acceptors (Lipinski definition) is 3. The maximum atomic E-state index is 12.8. The maximum absolute atomic E-state index is 12.8. The van der Waals surface area contributed by atoms with Crippen molar-refractivity contribution < 1.29 is 9.59 Å². The highest BCUT2D eigenvalue weighted by Gasteiger charge is 2.16. The summed E-state index contributed by atoms with van der Waals surface area (Å²) in [6.07, 6.45) is 2.86. The van der Waals surface area contributed by atoms with Crippen molar-refractivity contribution in [2.45, 2.75) is 18.2 Å². The Bertz CT molecular complexity index is 1040. The smallest absolute Gasteiger partial charge is 0.257 e. The topological polar surface area (TPSA) is 58.2 Å². The number of anilines is 2. The fourth-order valence-electron chi connectivity index (χ4n) is 2.81. The normalized spacial score (nSPS) is 10.4. The van der Waals surface area contributed by atoms with Crippen molar-refractivity contribution in [1.29, 1.82) is 0 Å². The third-order valence-electron chi connectivity index (χ3n) is 4.46. The monoisotopic (exact) mass is 424 g/mol. The first-order chi connectivity index (χ1) is 14.0. The van der Waals surface area contributed by atoms with E-state index in [2.05, 4.69) is 17.6 Å². The van der Waals surface area contributed by atoms with Gasteiger partial charge in [-0.05, 0) is 60.7 Å². The van der Waals surface area contributed by atoms with Crippen LogP contribution in [0, 0.1) is 0 Å². The van der Waals surface area contributed by atoms with E-state index in [9.17, 15) is 9.59 Å². The van der Waals surface area contributed by atoms with E-state index in [0.717, 1.165) is 11.3 Å². The van der Waals surface area contributed by atoms with Gasteiger partial charge < -0.3 is 10.6 Å². The molecule has 0 spiro atoms. The second kappa shape index (κ2) is 9.63. The largest absolute Gasteiger partial charge is 0.322 e. The molecule has 0 saturated heterocycles. The van der Waals surface area contributed by atoms with Crippen molar-refractivity contribution >= 4 is 46.6 Å². The summed E-state index contributed by atoms with van der Waals surface area (Å²) in [5.74, 6) is -0.660. The number of nitrogens with one attached hydrogen (secondary N) is 2. The average molecular weight is 425 g/mol. The molecule has 6 heteroatoms. The first-order valence-electron chi connectivity index (χ1n) is 9.16. The zero-order valence-corrected chi connectivity index (χ0v) is 17.7. The molecule has 0 atom stereocenters. The summed E-state index contributed by atoms with van der Waals surface area (Å²) in [5.41, 5.74) is 3.05. The van der Waals surface area contributed by atoms with Crippen LogP contribution in [0.4, 0.5) is 11.4 Å². The minimum absolute atomic E-state index is 0.297. The number of para-hydroxylation sites is 1. The quantitative estimate of drug-likeness (QED) is 0.468. The van der Waals surface area contributed by atoms with Crippen LogP contribution >= 0.6 is 23.4 Å². The molecule has 0 unspecified atom stereocenters. The Morgan fingerprint density at radius 2 is 1.59 bits per heavy atom. The molecule has 3 rings (SSSR count). The third-order valence-corrected chi connectivity index (χ3v) is 5.51. The predicted molar refractivity (Wildman–Crippen MR) is 121 cm³/mol. The van der Waals surface area contributed by atoms with E-state index in [0.29, 0.717) is 27.5 Å². The van der Waals surface area contributed by atoms with Gasteiger partial charge in [0, 0.05) is 10.6 Å². The first-order valence-corrected chi connectivity index (χ1v) is 10.8. The standard InChI is InChI=1S/C23H21ClN2O2S/c1-3-15-8-10-16(11-9-15)25-22(27)18-6-4-5-7-21(18)26-23(28)19-14-17(29-2)12-13-20(19)24/h4-14H,3H2,1-2H3,(H,25,27)(H,26,28). The minimum Gasteiger partial charge on any atom is -0.322 e. The van der Waals surface area contributed by atoms with E-state index in [1.165, 1.54) is 17.3 Å². The molecule has 2 N–H and O–H groups in total. The molecule has 3 aromatic rings. The van der Waals surface area contributed by atoms with Gasteiger partial charge in [-0.2, -0.15) is 0 Å². The lowest BCUT2D eigenvalue weighted by atomic mass is 10.1. The molecule has 0 aliphatic heterocycles. The molecule has 148 valence electrons. The number of aryl methyl sites for hydroxylation is 1. The molecule has 0 fully saturated rings. The molecule has 0 bridgehead atoms. The van der Waals surface area contributed by atoms with E-state index >= 15 is 0 Å². The number of halogens is 1. The second-order valence-corrected chi connectivity index (χ2v) is 7.64. The molecule has 3 aromatic carbocycles. The first kappa shape index (κ1) is 21.0. The predicted octanol–water partition coefficient (Wildman–Crippen LogP) is 6.13. The van der Waals surface area contributed by atoms with Crippen LogP contribution in [0.3, 0.4) is 0 Å². The van der Waals surface area contributed by atoms with Crippen molar-refractivity contribution in [2.75, 3.05) is 16.9 Å². The van der Waals surface area contributed by atoms with E-state index in [1.54, 1.807) is 36.4 Å². The van der Waals surface area contributed by atoms with Gasteiger partial charge in [0.2, 0.25) is 0 Å². The van der Waals surface area contributed by atoms with Crippen LogP contribution < -0.4 is 10.6 Å². The Balaban J connectivity index is 1.81. The fourth-order valence-corrected chi connectivity index (χ4v) is 3.45. The van der Waals surface area contributed by atoms with Gasteiger partial charge >= 0.3 is 0 Å². The van der Waals surface area contributed by atoms with Gasteiger partial charge in [0.05, 0.1) is 21.8 Å². The van der Waals surface area contributed by atoms with Crippen LogP contribution in [0.2, 0.25) is 5.02 Å². The van der Waals surface area contributed by atoms with Crippen LogP contribution in [-0.4, -0.2) is 18.1 Å². The van der Waals surface area contributed by atoms with E-state index in [1.807, 2.05) is 36.6 Å². The molecule has 4 nitrogen and oxygen atoms in total. The maximum Gasteiger partial charge on any atom is 0.257 e. The van der Waals surface area contributed by atoms with Gasteiger partial charge in [-0.3, -0.25) is 9.59 Å². The summed E-state index contributed by atoms with van der Waals surface area (Å²) < 4.78 is 0.